The average Bonchev–Trinajstić information content (AvgIpc) is 2.78. The van der Waals surface area contributed by atoms with Crippen LogP contribution in [0.15, 0.2) is 24.3 Å². The van der Waals surface area contributed by atoms with Crippen LogP contribution in [0.5, 0.6) is 5.75 Å². The van der Waals surface area contributed by atoms with E-state index in [0.717, 1.165) is 30.9 Å². The van der Waals surface area contributed by atoms with E-state index in [4.69, 9.17) is 10.5 Å². The monoisotopic (exact) mass is 304 g/mol. The largest absolute Gasteiger partial charge is 0.494 e. The lowest BCUT2D eigenvalue weighted by Crippen LogP contribution is -1.97. The molecule has 0 atom stereocenters. The molecule has 1 aromatic heterocycles. The quantitative estimate of drug-likeness (QED) is 0.726. The lowest BCUT2D eigenvalue weighted by atomic mass is 10.1. The van der Waals surface area contributed by atoms with Gasteiger partial charge in [-0.05, 0) is 31.0 Å². The molecule has 0 spiro atoms. The Bertz CT molecular complexity index is 548. The van der Waals surface area contributed by atoms with Gasteiger partial charge in [0.1, 0.15) is 5.75 Å². The van der Waals surface area contributed by atoms with E-state index in [9.17, 15) is 0 Å². The first kappa shape index (κ1) is 15.8. The molecule has 0 unspecified atom stereocenters. The topological polar surface area (TPSA) is 48.1 Å². The van der Waals surface area contributed by atoms with Gasteiger partial charge in [0.15, 0.2) is 5.13 Å². The first-order valence-corrected chi connectivity index (χ1v) is 8.44. The van der Waals surface area contributed by atoms with Crippen LogP contribution in [0.2, 0.25) is 0 Å². The van der Waals surface area contributed by atoms with Crippen molar-refractivity contribution in [3.63, 3.8) is 0 Å². The lowest BCUT2D eigenvalue weighted by molar-refractivity contribution is 0.305. The van der Waals surface area contributed by atoms with Crippen molar-refractivity contribution in [3.05, 3.63) is 40.4 Å². The molecular formula is C17H24N2OS. The summed E-state index contributed by atoms with van der Waals surface area (Å²) >= 11 is 1.57. The third-order valence-electron chi connectivity index (χ3n) is 3.46. The van der Waals surface area contributed by atoms with Crippen LogP contribution in [-0.4, -0.2) is 11.6 Å². The number of nitrogens with two attached hydrogens (primary N) is 1. The first-order valence-electron chi connectivity index (χ1n) is 7.62. The number of rotatable bonds is 8. The van der Waals surface area contributed by atoms with Crippen LogP contribution < -0.4 is 10.5 Å². The predicted molar refractivity (Wildman–Crippen MR) is 90.1 cm³/mol. The van der Waals surface area contributed by atoms with Crippen molar-refractivity contribution in [2.45, 2.75) is 46.0 Å². The molecule has 0 aliphatic carbocycles. The van der Waals surface area contributed by atoms with Gasteiger partial charge >= 0.3 is 0 Å². The minimum absolute atomic E-state index is 0.648. The molecule has 0 aliphatic rings. The zero-order valence-electron chi connectivity index (χ0n) is 12.9. The molecule has 2 rings (SSSR count). The Labute approximate surface area is 131 Å². The Balaban J connectivity index is 1.83. The van der Waals surface area contributed by atoms with Gasteiger partial charge in [-0.15, -0.1) is 11.3 Å². The number of nitrogen functional groups attached to an aromatic ring is 1. The highest BCUT2D eigenvalue weighted by molar-refractivity contribution is 7.15. The van der Waals surface area contributed by atoms with Crippen molar-refractivity contribution in [2.24, 2.45) is 0 Å². The smallest absolute Gasteiger partial charge is 0.180 e. The Morgan fingerprint density at radius 3 is 2.52 bits per heavy atom. The molecular weight excluding hydrogens is 280 g/mol. The van der Waals surface area contributed by atoms with E-state index in [1.807, 2.05) is 6.92 Å². The molecule has 3 nitrogen and oxygen atoms in total. The number of ether oxygens (including phenoxy) is 1. The molecule has 114 valence electrons. The van der Waals surface area contributed by atoms with Crippen molar-refractivity contribution < 1.29 is 4.74 Å². The first-order chi connectivity index (χ1) is 10.2. The Kier molecular flexibility index (Phi) is 6.05. The SMILES string of the molecule is CCCCCCOc1ccc(Cc2sc(N)nc2C)cc1. The van der Waals surface area contributed by atoms with Crippen LogP contribution in [0, 0.1) is 6.92 Å². The van der Waals surface area contributed by atoms with Gasteiger partial charge in [-0.1, -0.05) is 38.3 Å². The summed E-state index contributed by atoms with van der Waals surface area (Å²) < 4.78 is 5.76. The van der Waals surface area contributed by atoms with Gasteiger partial charge in [0.05, 0.1) is 12.3 Å². The van der Waals surface area contributed by atoms with E-state index in [0.29, 0.717) is 5.13 Å². The highest BCUT2D eigenvalue weighted by atomic mass is 32.1. The number of thiazole rings is 1. The maximum absolute atomic E-state index is 5.76. The van der Waals surface area contributed by atoms with E-state index in [2.05, 4.69) is 36.2 Å². The predicted octanol–water partition coefficient (Wildman–Crippen LogP) is 4.58. The second kappa shape index (κ2) is 8.03. The lowest BCUT2D eigenvalue weighted by Gasteiger charge is -2.07. The van der Waals surface area contributed by atoms with Crippen molar-refractivity contribution in [2.75, 3.05) is 12.3 Å². The number of aromatic nitrogens is 1. The number of hydrogen-bond donors (Lipinski definition) is 1. The molecule has 0 radical (unpaired) electrons. The van der Waals surface area contributed by atoms with Gasteiger partial charge in [0, 0.05) is 11.3 Å². The second-order valence-electron chi connectivity index (χ2n) is 5.29. The molecule has 4 heteroatoms. The molecule has 1 heterocycles. The Hall–Kier alpha value is -1.55. The molecule has 0 bridgehead atoms. The van der Waals surface area contributed by atoms with Crippen LogP contribution in [0.3, 0.4) is 0 Å². The molecule has 0 fully saturated rings. The second-order valence-corrected chi connectivity index (χ2v) is 6.41. The van der Waals surface area contributed by atoms with Crippen molar-refractivity contribution >= 4 is 16.5 Å². The van der Waals surface area contributed by atoms with E-state index in [-0.39, 0.29) is 0 Å². The van der Waals surface area contributed by atoms with Crippen molar-refractivity contribution in [1.82, 2.24) is 4.98 Å². The van der Waals surface area contributed by atoms with Crippen molar-refractivity contribution in [1.29, 1.82) is 0 Å². The molecule has 0 amide bonds. The fraction of sp³-hybridized carbons (Fsp3) is 0.471. The van der Waals surface area contributed by atoms with E-state index >= 15 is 0 Å². The summed E-state index contributed by atoms with van der Waals surface area (Å²) in [5.74, 6) is 0.954. The standard InChI is InChI=1S/C17H24N2OS/c1-3-4-5-6-11-20-15-9-7-14(8-10-15)12-16-13(2)19-17(18)21-16/h7-10H,3-6,11-12H2,1-2H3,(H2,18,19). The molecule has 2 N–H and O–H groups in total. The number of unbranched alkanes of at least 4 members (excludes halogenated alkanes) is 3. The average molecular weight is 304 g/mol. The number of nitrogens with zero attached hydrogens (tertiary/aromatic N) is 1. The van der Waals surface area contributed by atoms with Gasteiger partial charge in [-0.2, -0.15) is 0 Å². The highest BCUT2D eigenvalue weighted by Gasteiger charge is 2.06. The number of benzene rings is 1. The Morgan fingerprint density at radius 1 is 1.14 bits per heavy atom. The van der Waals surface area contributed by atoms with Crippen LogP contribution >= 0.6 is 11.3 Å². The van der Waals surface area contributed by atoms with Crippen LogP contribution in [0.25, 0.3) is 0 Å². The summed E-state index contributed by atoms with van der Waals surface area (Å²) in [6.07, 6.45) is 5.82. The summed E-state index contributed by atoms with van der Waals surface area (Å²) in [5, 5.41) is 0.648. The van der Waals surface area contributed by atoms with Gasteiger partial charge in [0.2, 0.25) is 0 Å². The summed E-state index contributed by atoms with van der Waals surface area (Å²) in [6, 6.07) is 8.34. The Morgan fingerprint density at radius 2 is 1.90 bits per heavy atom. The number of hydrogen-bond acceptors (Lipinski definition) is 4. The fourth-order valence-electron chi connectivity index (χ4n) is 2.22. The number of anilines is 1. The van der Waals surface area contributed by atoms with E-state index in [1.54, 1.807) is 11.3 Å². The summed E-state index contributed by atoms with van der Waals surface area (Å²) in [6.45, 7) is 5.04. The number of aryl methyl sites for hydroxylation is 1. The normalized spacial score (nSPS) is 10.8. The van der Waals surface area contributed by atoms with Crippen LogP contribution in [-0.2, 0) is 6.42 Å². The zero-order valence-corrected chi connectivity index (χ0v) is 13.7. The molecule has 1 aromatic carbocycles. The summed E-state index contributed by atoms with van der Waals surface area (Å²) in [5.41, 5.74) is 8.03. The molecule has 0 saturated carbocycles. The summed E-state index contributed by atoms with van der Waals surface area (Å²) in [7, 11) is 0. The maximum Gasteiger partial charge on any atom is 0.180 e. The maximum atomic E-state index is 5.76. The molecule has 0 saturated heterocycles. The molecule has 2 aromatic rings. The van der Waals surface area contributed by atoms with Crippen LogP contribution in [0.1, 0.15) is 48.7 Å². The molecule has 21 heavy (non-hydrogen) atoms. The van der Waals surface area contributed by atoms with Gasteiger partial charge in [-0.25, -0.2) is 4.98 Å². The van der Waals surface area contributed by atoms with Crippen LogP contribution in [0.4, 0.5) is 5.13 Å². The zero-order chi connectivity index (χ0) is 15.1. The minimum Gasteiger partial charge on any atom is -0.494 e. The van der Waals surface area contributed by atoms with Crippen molar-refractivity contribution in [3.8, 4) is 5.75 Å². The van der Waals surface area contributed by atoms with E-state index in [1.165, 1.54) is 29.7 Å². The van der Waals surface area contributed by atoms with Gasteiger partial charge < -0.3 is 10.5 Å². The minimum atomic E-state index is 0.648. The molecule has 0 aliphatic heterocycles. The highest BCUT2D eigenvalue weighted by Crippen LogP contribution is 2.23. The third kappa shape index (κ3) is 5.05. The fourth-order valence-corrected chi connectivity index (χ4v) is 3.09. The van der Waals surface area contributed by atoms with Gasteiger partial charge in [-0.3, -0.25) is 0 Å². The van der Waals surface area contributed by atoms with E-state index < -0.39 is 0 Å². The summed E-state index contributed by atoms with van der Waals surface area (Å²) in [4.78, 5) is 5.50. The third-order valence-corrected chi connectivity index (χ3v) is 4.45. The van der Waals surface area contributed by atoms with Gasteiger partial charge in [0.25, 0.3) is 0 Å².